The van der Waals surface area contributed by atoms with Crippen molar-refractivity contribution in [1.29, 1.82) is 0 Å². The van der Waals surface area contributed by atoms with Gasteiger partial charge in [-0.3, -0.25) is 0 Å². The van der Waals surface area contributed by atoms with Crippen LogP contribution in [0.5, 0.6) is 0 Å². The molecule has 0 spiro atoms. The van der Waals surface area contributed by atoms with Crippen LogP contribution in [-0.4, -0.2) is 16.0 Å². The second kappa shape index (κ2) is 3.25. The van der Waals surface area contributed by atoms with E-state index in [0.29, 0.717) is 0 Å². The van der Waals surface area contributed by atoms with E-state index in [2.05, 4.69) is 15.3 Å². The smallest absolute Gasteiger partial charge is 0.133 e. The summed E-state index contributed by atoms with van der Waals surface area (Å²) in [4.78, 5) is 8.92. The molecule has 1 heterocycles. The molecule has 3 saturated carbocycles. The van der Waals surface area contributed by atoms with E-state index in [-0.39, 0.29) is 0 Å². The third-order valence-electron chi connectivity index (χ3n) is 5.91. The predicted molar refractivity (Wildman–Crippen MR) is 69.3 cm³/mol. The molecule has 2 bridgehead atoms. The molecular weight excluding hydrogens is 222 g/mol. The van der Waals surface area contributed by atoms with Gasteiger partial charge in [-0.25, -0.2) is 9.97 Å². The maximum absolute atomic E-state index is 4.51. The Kier molecular flexibility index (Phi) is 1.76. The minimum absolute atomic E-state index is 0.746. The van der Waals surface area contributed by atoms with E-state index in [1.807, 2.05) is 0 Å². The Bertz CT molecular complexity index is 496. The molecule has 4 aliphatic carbocycles. The Morgan fingerprint density at radius 1 is 1.06 bits per heavy atom. The standard InChI is InChI=1S/C15H19N3/c1-2-10-11(3-1)16-7-17-15(10)18-14-12-8-4-5-9(6-8)13(12)14/h7-9,12-14H,1-6H2,(H,16,17,18). The Morgan fingerprint density at radius 2 is 1.89 bits per heavy atom. The number of aromatic nitrogens is 2. The van der Waals surface area contributed by atoms with E-state index in [9.17, 15) is 0 Å². The van der Waals surface area contributed by atoms with Crippen LogP contribution in [0.3, 0.4) is 0 Å². The molecule has 1 aromatic rings. The molecule has 3 fully saturated rings. The molecule has 4 aliphatic rings. The van der Waals surface area contributed by atoms with Gasteiger partial charge in [0.15, 0.2) is 0 Å². The number of nitrogens with one attached hydrogen (secondary N) is 1. The molecular formula is C15H19N3. The zero-order valence-electron chi connectivity index (χ0n) is 10.6. The normalized spacial score (nSPS) is 42.8. The lowest BCUT2D eigenvalue weighted by Crippen LogP contribution is -2.15. The van der Waals surface area contributed by atoms with Crippen molar-refractivity contribution in [3.05, 3.63) is 17.6 Å². The average molecular weight is 241 g/mol. The van der Waals surface area contributed by atoms with Crippen molar-refractivity contribution < 1.29 is 0 Å². The highest BCUT2D eigenvalue weighted by atomic mass is 15.1. The highest BCUT2D eigenvalue weighted by molar-refractivity contribution is 5.50. The molecule has 3 nitrogen and oxygen atoms in total. The molecule has 5 rings (SSSR count). The summed E-state index contributed by atoms with van der Waals surface area (Å²) >= 11 is 0. The fourth-order valence-corrected chi connectivity index (χ4v) is 5.16. The van der Waals surface area contributed by atoms with Crippen molar-refractivity contribution in [2.24, 2.45) is 23.7 Å². The van der Waals surface area contributed by atoms with Gasteiger partial charge in [-0.15, -0.1) is 0 Å². The van der Waals surface area contributed by atoms with Gasteiger partial charge in [0.05, 0.1) is 0 Å². The number of hydrogen-bond donors (Lipinski definition) is 1. The van der Waals surface area contributed by atoms with Crippen LogP contribution in [0, 0.1) is 23.7 Å². The first kappa shape index (κ1) is 9.76. The molecule has 1 aromatic heterocycles. The van der Waals surface area contributed by atoms with Crippen LogP contribution in [0.25, 0.3) is 0 Å². The number of hydrogen-bond acceptors (Lipinski definition) is 3. The van der Waals surface area contributed by atoms with Crippen molar-refractivity contribution in [2.45, 2.75) is 44.6 Å². The van der Waals surface area contributed by atoms with Crippen molar-refractivity contribution in [2.75, 3.05) is 5.32 Å². The van der Waals surface area contributed by atoms with Crippen LogP contribution in [0.1, 0.15) is 36.9 Å². The Hall–Kier alpha value is -1.12. The van der Waals surface area contributed by atoms with Gasteiger partial charge in [0.1, 0.15) is 12.1 Å². The molecule has 4 atom stereocenters. The Morgan fingerprint density at radius 3 is 2.72 bits per heavy atom. The minimum Gasteiger partial charge on any atom is -0.366 e. The van der Waals surface area contributed by atoms with Crippen LogP contribution >= 0.6 is 0 Å². The summed E-state index contributed by atoms with van der Waals surface area (Å²) in [5, 5.41) is 3.77. The zero-order chi connectivity index (χ0) is 11.7. The van der Waals surface area contributed by atoms with Crippen LogP contribution in [0.15, 0.2) is 6.33 Å². The molecule has 3 heteroatoms. The third-order valence-corrected chi connectivity index (χ3v) is 5.91. The van der Waals surface area contributed by atoms with Crippen molar-refractivity contribution in [3.63, 3.8) is 0 Å². The van der Waals surface area contributed by atoms with Gasteiger partial charge >= 0.3 is 0 Å². The van der Waals surface area contributed by atoms with Crippen LogP contribution in [0.2, 0.25) is 0 Å². The summed E-state index contributed by atoms with van der Waals surface area (Å²) in [5.41, 5.74) is 2.70. The van der Waals surface area contributed by atoms with Gasteiger partial charge in [-0.05, 0) is 62.2 Å². The van der Waals surface area contributed by atoms with Gasteiger partial charge in [0.2, 0.25) is 0 Å². The highest BCUT2D eigenvalue weighted by Crippen LogP contribution is 2.66. The fraction of sp³-hybridized carbons (Fsp3) is 0.733. The van der Waals surface area contributed by atoms with E-state index in [1.165, 1.54) is 43.4 Å². The first-order valence-corrected chi connectivity index (χ1v) is 7.51. The molecule has 94 valence electrons. The van der Waals surface area contributed by atoms with E-state index in [0.717, 1.165) is 42.0 Å². The zero-order valence-corrected chi connectivity index (χ0v) is 10.6. The number of nitrogens with zero attached hydrogens (tertiary/aromatic N) is 2. The maximum Gasteiger partial charge on any atom is 0.133 e. The molecule has 18 heavy (non-hydrogen) atoms. The van der Waals surface area contributed by atoms with Gasteiger partial charge in [0.25, 0.3) is 0 Å². The average Bonchev–Trinajstić information content (AvgIpc) is 2.84. The van der Waals surface area contributed by atoms with E-state index < -0.39 is 0 Å². The lowest BCUT2D eigenvalue weighted by molar-refractivity contribution is 0.456. The predicted octanol–water partition coefficient (Wildman–Crippen LogP) is 2.42. The van der Waals surface area contributed by atoms with Crippen LogP contribution in [-0.2, 0) is 12.8 Å². The summed E-state index contributed by atoms with van der Waals surface area (Å²) in [6, 6.07) is 0.746. The number of aryl methyl sites for hydroxylation is 1. The second-order valence-electron chi connectivity index (χ2n) is 6.66. The topological polar surface area (TPSA) is 37.8 Å². The molecule has 0 amide bonds. The Labute approximate surface area is 107 Å². The molecule has 0 radical (unpaired) electrons. The van der Waals surface area contributed by atoms with Gasteiger partial charge < -0.3 is 5.32 Å². The van der Waals surface area contributed by atoms with Crippen LogP contribution in [0.4, 0.5) is 5.82 Å². The highest BCUT2D eigenvalue weighted by Gasteiger charge is 2.65. The second-order valence-corrected chi connectivity index (χ2v) is 6.66. The largest absolute Gasteiger partial charge is 0.366 e. The fourth-order valence-electron chi connectivity index (χ4n) is 5.16. The summed E-state index contributed by atoms with van der Waals surface area (Å²) in [6.07, 6.45) is 9.83. The lowest BCUT2D eigenvalue weighted by atomic mass is 10.0. The van der Waals surface area contributed by atoms with Gasteiger partial charge in [-0.2, -0.15) is 0 Å². The number of rotatable bonds is 2. The van der Waals surface area contributed by atoms with E-state index in [1.54, 1.807) is 6.33 Å². The first-order valence-electron chi connectivity index (χ1n) is 7.51. The monoisotopic (exact) mass is 241 g/mol. The lowest BCUT2D eigenvalue weighted by Gasteiger charge is -2.13. The minimum atomic E-state index is 0.746. The van der Waals surface area contributed by atoms with E-state index >= 15 is 0 Å². The summed E-state index contributed by atoms with van der Waals surface area (Å²) in [6.45, 7) is 0. The van der Waals surface area contributed by atoms with Crippen LogP contribution < -0.4 is 5.32 Å². The summed E-state index contributed by atoms with van der Waals surface area (Å²) in [5.74, 6) is 5.20. The Balaban J connectivity index is 1.41. The molecule has 1 N–H and O–H groups in total. The van der Waals surface area contributed by atoms with Gasteiger partial charge in [0, 0.05) is 17.3 Å². The SMILES string of the molecule is c1nc2c(c(NC3C4C5CCC(C5)C34)n1)CCC2. The van der Waals surface area contributed by atoms with Crippen molar-refractivity contribution in [3.8, 4) is 0 Å². The van der Waals surface area contributed by atoms with Gasteiger partial charge in [-0.1, -0.05) is 0 Å². The van der Waals surface area contributed by atoms with Crippen molar-refractivity contribution >= 4 is 5.82 Å². The quantitative estimate of drug-likeness (QED) is 0.864. The number of anilines is 1. The molecule has 4 unspecified atom stereocenters. The third kappa shape index (κ3) is 1.15. The molecule has 0 aromatic carbocycles. The maximum atomic E-state index is 4.51. The first-order chi connectivity index (χ1) is 8.92. The molecule has 0 saturated heterocycles. The summed E-state index contributed by atoms with van der Waals surface area (Å²) in [7, 11) is 0. The van der Waals surface area contributed by atoms with Crippen molar-refractivity contribution in [1.82, 2.24) is 9.97 Å². The summed E-state index contributed by atoms with van der Waals surface area (Å²) < 4.78 is 0. The van der Waals surface area contributed by atoms with E-state index in [4.69, 9.17) is 0 Å². The molecule has 0 aliphatic heterocycles. The number of fused-ring (bicyclic) bond motifs is 6.